The molecule has 0 saturated carbocycles. The van der Waals surface area contributed by atoms with E-state index in [2.05, 4.69) is 20.3 Å². The van der Waals surface area contributed by atoms with Crippen LogP contribution in [0.1, 0.15) is 31.2 Å². The smallest absolute Gasteiger partial charge is 0.259 e. The Labute approximate surface area is 199 Å². The average Bonchev–Trinajstić information content (AvgIpc) is 2.84. The van der Waals surface area contributed by atoms with Gasteiger partial charge in [0, 0.05) is 31.9 Å². The molecule has 0 atom stereocenters. The number of carbonyl (C=O) groups excluding carboxylic acids is 1. The summed E-state index contributed by atoms with van der Waals surface area (Å²) in [7, 11) is 0. The number of nitrogens with zero attached hydrogens (tertiary/aromatic N) is 3. The third-order valence-corrected chi connectivity index (χ3v) is 6.43. The summed E-state index contributed by atoms with van der Waals surface area (Å²) in [5.74, 6) is -1.16. The Morgan fingerprint density at radius 2 is 1.80 bits per heavy atom. The number of carbonyl (C=O) groups is 1. The fourth-order valence-corrected chi connectivity index (χ4v) is 4.55. The Morgan fingerprint density at radius 3 is 2.49 bits per heavy atom. The van der Waals surface area contributed by atoms with Gasteiger partial charge in [-0.3, -0.25) is 9.59 Å². The van der Waals surface area contributed by atoms with Crippen molar-refractivity contribution in [2.24, 2.45) is 0 Å². The normalized spacial score (nSPS) is 14.3. The number of hydrogen-bond donors (Lipinski definition) is 2. The van der Waals surface area contributed by atoms with Gasteiger partial charge in [0.05, 0.1) is 16.6 Å². The minimum Gasteiger partial charge on any atom is -0.343 e. The predicted octanol–water partition coefficient (Wildman–Crippen LogP) is 4.73. The molecule has 0 bridgehead atoms. The number of pyridine rings is 3. The first-order chi connectivity index (χ1) is 16.9. The van der Waals surface area contributed by atoms with Crippen LogP contribution in [0.25, 0.3) is 22.0 Å². The Bertz CT molecular complexity index is 1460. The molecule has 1 saturated heterocycles. The SMILES string of the molecule is CC(=O)N1CCC(c2ccc(Nc3nc(-c4ccc(F)nc4F)cc4cc[nH]c(=O)c34)cc2)CC1. The second-order valence-electron chi connectivity index (χ2n) is 8.63. The van der Waals surface area contributed by atoms with Gasteiger partial charge in [-0.2, -0.15) is 13.8 Å². The first-order valence-electron chi connectivity index (χ1n) is 11.4. The molecule has 35 heavy (non-hydrogen) atoms. The number of likely N-dealkylation sites (tertiary alicyclic amines) is 1. The van der Waals surface area contributed by atoms with Crippen molar-refractivity contribution in [2.75, 3.05) is 18.4 Å². The zero-order valence-corrected chi connectivity index (χ0v) is 19.0. The molecule has 0 radical (unpaired) electrons. The summed E-state index contributed by atoms with van der Waals surface area (Å²) in [5, 5.41) is 4.06. The molecule has 178 valence electrons. The number of aromatic amines is 1. The van der Waals surface area contributed by atoms with Gasteiger partial charge in [-0.15, -0.1) is 0 Å². The van der Waals surface area contributed by atoms with Crippen molar-refractivity contribution in [3.63, 3.8) is 0 Å². The number of fused-ring (bicyclic) bond motifs is 1. The molecule has 0 spiro atoms. The minimum absolute atomic E-state index is 0.0314. The van der Waals surface area contributed by atoms with Crippen LogP contribution in [0.4, 0.5) is 20.3 Å². The van der Waals surface area contributed by atoms with Gasteiger partial charge in [-0.25, -0.2) is 4.98 Å². The lowest BCUT2D eigenvalue weighted by molar-refractivity contribution is -0.129. The van der Waals surface area contributed by atoms with Crippen LogP contribution < -0.4 is 10.9 Å². The van der Waals surface area contributed by atoms with Gasteiger partial charge < -0.3 is 15.2 Å². The van der Waals surface area contributed by atoms with Crippen molar-refractivity contribution in [2.45, 2.75) is 25.7 Å². The molecule has 4 heterocycles. The molecule has 1 aliphatic rings. The molecule has 4 aromatic rings. The maximum Gasteiger partial charge on any atom is 0.259 e. The van der Waals surface area contributed by atoms with Crippen molar-refractivity contribution in [3.05, 3.63) is 82.5 Å². The summed E-state index contributed by atoms with van der Waals surface area (Å²) in [6.07, 6.45) is 3.32. The van der Waals surface area contributed by atoms with Crippen LogP contribution >= 0.6 is 0 Å². The van der Waals surface area contributed by atoms with Gasteiger partial charge in [0.25, 0.3) is 5.56 Å². The Balaban J connectivity index is 1.46. The van der Waals surface area contributed by atoms with Crippen molar-refractivity contribution >= 4 is 28.2 Å². The number of piperidine rings is 1. The zero-order valence-electron chi connectivity index (χ0n) is 19.0. The van der Waals surface area contributed by atoms with Crippen molar-refractivity contribution < 1.29 is 13.6 Å². The maximum absolute atomic E-state index is 14.4. The molecular formula is C26H23F2N5O2. The van der Waals surface area contributed by atoms with E-state index in [1.54, 1.807) is 19.1 Å². The lowest BCUT2D eigenvalue weighted by Crippen LogP contribution is -2.36. The molecule has 3 aromatic heterocycles. The van der Waals surface area contributed by atoms with Gasteiger partial charge in [0.1, 0.15) is 5.82 Å². The van der Waals surface area contributed by atoms with Crippen LogP contribution in [-0.4, -0.2) is 38.8 Å². The second kappa shape index (κ2) is 9.25. The molecule has 7 nitrogen and oxygen atoms in total. The Morgan fingerprint density at radius 1 is 1.06 bits per heavy atom. The molecule has 1 amide bonds. The lowest BCUT2D eigenvalue weighted by atomic mass is 9.89. The number of aromatic nitrogens is 3. The fourth-order valence-electron chi connectivity index (χ4n) is 4.55. The van der Waals surface area contributed by atoms with E-state index in [0.717, 1.165) is 32.0 Å². The van der Waals surface area contributed by atoms with Crippen LogP contribution in [0.3, 0.4) is 0 Å². The standard InChI is InChI=1S/C26H23F2N5O2/c1-15(34)33-12-9-17(10-13-33)16-2-4-19(5-3-16)30-25-23-18(8-11-29-26(23)35)14-21(31-25)20-6-7-22(27)32-24(20)28/h2-8,11,14,17H,9-10,12-13H2,1H3,(H,29,35)(H,30,31). The summed E-state index contributed by atoms with van der Waals surface area (Å²) >= 11 is 0. The topological polar surface area (TPSA) is 91.0 Å². The van der Waals surface area contributed by atoms with Crippen LogP contribution in [0.5, 0.6) is 0 Å². The van der Waals surface area contributed by atoms with Crippen molar-refractivity contribution in [1.29, 1.82) is 0 Å². The number of hydrogen-bond acceptors (Lipinski definition) is 5. The monoisotopic (exact) mass is 475 g/mol. The van der Waals surface area contributed by atoms with E-state index in [-0.39, 0.29) is 28.5 Å². The molecule has 1 aliphatic heterocycles. The minimum atomic E-state index is -0.979. The molecule has 5 rings (SSSR count). The predicted molar refractivity (Wildman–Crippen MR) is 129 cm³/mol. The van der Waals surface area contributed by atoms with E-state index >= 15 is 0 Å². The van der Waals surface area contributed by atoms with Crippen LogP contribution in [0, 0.1) is 11.9 Å². The largest absolute Gasteiger partial charge is 0.343 e. The Kier molecular flexibility index (Phi) is 5.98. The number of benzene rings is 1. The summed E-state index contributed by atoms with van der Waals surface area (Å²) in [5.41, 5.74) is 1.81. The summed E-state index contributed by atoms with van der Waals surface area (Å²) in [4.78, 5) is 36.4. The first-order valence-corrected chi connectivity index (χ1v) is 11.4. The molecular weight excluding hydrogens is 452 g/mol. The summed E-state index contributed by atoms with van der Waals surface area (Å²) < 4.78 is 27.7. The number of anilines is 2. The average molecular weight is 475 g/mol. The van der Waals surface area contributed by atoms with Crippen molar-refractivity contribution in [1.82, 2.24) is 19.9 Å². The molecule has 1 aromatic carbocycles. The van der Waals surface area contributed by atoms with Crippen LogP contribution in [0.15, 0.2) is 59.5 Å². The zero-order chi connectivity index (χ0) is 24.5. The Hall–Kier alpha value is -4.14. The number of H-pyrrole nitrogens is 1. The number of amides is 1. The highest BCUT2D eigenvalue weighted by atomic mass is 19.1. The second-order valence-corrected chi connectivity index (χ2v) is 8.63. The third kappa shape index (κ3) is 4.62. The number of rotatable bonds is 4. The quantitative estimate of drug-likeness (QED) is 0.417. The van der Waals surface area contributed by atoms with Gasteiger partial charge in [-0.05, 0) is 66.1 Å². The van der Waals surface area contributed by atoms with Gasteiger partial charge in [0.15, 0.2) is 0 Å². The van der Waals surface area contributed by atoms with E-state index in [0.29, 0.717) is 22.4 Å². The van der Waals surface area contributed by atoms with E-state index in [1.165, 1.54) is 17.8 Å². The maximum atomic E-state index is 14.4. The van der Waals surface area contributed by atoms with Crippen LogP contribution in [-0.2, 0) is 4.79 Å². The van der Waals surface area contributed by atoms with E-state index < -0.39 is 11.9 Å². The summed E-state index contributed by atoms with van der Waals surface area (Å²) in [6, 6.07) is 13.5. The van der Waals surface area contributed by atoms with E-state index in [4.69, 9.17) is 0 Å². The lowest BCUT2D eigenvalue weighted by Gasteiger charge is -2.31. The highest BCUT2D eigenvalue weighted by molar-refractivity contribution is 5.95. The summed E-state index contributed by atoms with van der Waals surface area (Å²) in [6.45, 7) is 3.10. The van der Waals surface area contributed by atoms with E-state index in [9.17, 15) is 18.4 Å². The number of nitrogens with one attached hydrogen (secondary N) is 2. The van der Waals surface area contributed by atoms with Crippen LogP contribution in [0.2, 0.25) is 0 Å². The van der Waals surface area contributed by atoms with Gasteiger partial charge in [-0.1, -0.05) is 12.1 Å². The van der Waals surface area contributed by atoms with E-state index in [1.807, 2.05) is 29.2 Å². The third-order valence-electron chi connectivity index (χ3n) is 6.43. The highest BCUT2D eigenvalue weighted by Crippen LogP contribution is 2.31. The van der Waals surface area contributed by atoms with Gasteiger partial charge >= 0.3 is 0 Å². The highest BCUT2D eigenvalue weighted by Gasteiger charge is 2.22. The molecule has 0 unspecified atom stereocenters. The molecule has 0 aliphatic carbocycles. The molecule has 1 fully saturated rings. The fraction of sp³-hybridized carbons (Fsp3) is 0.231. The molecule has 2 N–H and O–H groups in total. The first kappa shape index (κ1) is 22.6. The van der Waals surface area contributed by atoms with Crippen molar-refractivity contribution in [3.8, 4) is 11.3 Å². The van der Waals surface area contributed by atoms with Gasteiger partial charge in [0.2, 0.25) is 17.8 Å². The molecule has 9 heteroatoms. The number of halogens is 2.